The molecule has 0 aromatic carbocycles. The number of fused-ring (bicyclic) bond motifs is 5. The van der Waals surface area contributed by atoms with Gasteiger partial charge in [0.05, 0.1) is 5.60 Å². The Morgan fingerprint density at radius 3 is 2.64 bits per heavy atom. The van der Waals surface area contributed by atoms with E-state index in [-0.39, 0.29) is 41.9 Å². The van der Waals surface area contributed by atoms with Crippen LogP contribution in [0.1, 0.15) is 72.1 Å². The van der Waals surface area contributed by atoms with Gasteiger partial charge in [-0.05, 0) is 73.7 Å². The first-order valence-corrected chi connectivity index (χ1v) is 12.5. The number of esters is 2. The summed E-state index contributed by atoms with van der Waals surface area (Å²) in [5.74, 6) is 0.0296. The minimum atomic E-state index is -0.975. The molecule has 4 saturated carbocycles. The maximum absolute atomic E-state index is 12.5. The zero-order chi connectivity index (χ0) is 23.6. The molecule has 33 heavy (non-hydrogen) atoms. The molecule has 0 bridgehead atoms. The van der Waals surface area contributed by atoms with Crippen LogP contribution in [0, 0.1) is 34.5 Å². The minimum Gasteiger partial charge on any atom is -0.465 e. The molecule has 4 fully saturated rings. The second kappa shape index (κ2) is 7.82. The lowest BCUT2D eigenvalue weighted by Gasteiger charge is -2.63. The van der Waals surface area contributed by atoms with E-state index < -0.39 is 17.1 Å². The van der Waals surface area contributed by atoms with Crippen LogP contribution in [-0.4, -0.2) is 47.9 Å². The maximum atomic E-state index is 12.5. The Kier molecular flexibility index (Phi) is 5.42. The molecule has 0 saturated heterocycles. The van der Waals surface area contributed by atoms with E-state index in [0.717, 1.165) is 50.5 Å². The van der Waals surface area contributed by atoms with Crippen LogP contribution < -0.4 is 0 Å². The number of carbonyl (C=O) groups excluding carboxylic acids is 3. The highest BCUT2D eigenvalue weighted by Gasteiger charge is 2.71. The third-order valence-electron chi connectivity index (χ3n) is 10.4. The Balaban J connectivity index is 1.48. The van der Waals surface area contributed by atoms with E-state index >= 15 is 0 Å². The molecule has 5 rings (SSSR count). The van der Waals surface area contributed by atoms with Gasteiger partial charge in [-0.3, -0.25) is 9.59 Å². The maximum Gasteiger partial charge on any atom is 0.331 e. The van der Waals surface area contributed by atoms with Crippen LogP contribution in [0.15, 0.2) is 11.6 Å². The van der Waals surface area contributed by atoms with Crippen molar-refractivity contribution in [1.82, 2.24) is 0 Å². The van der Waals surface area contributed by atoms with E-state index in [9.17, 15) is 19.5 Å². The van der Waals surface area contributed by atoms with Crippen molar-refractivity contribution in [3.63, 3.8) is 0 Å². The van der Waals surface area contributed by atoms with E-state index in [1.165, 1.54) is 13.0 Å². The van der Waals surface area contributed by atoms with Crippen molar-refractivity contribution in [2.24, 2.45) is 34.5 Å². The van der Waals surface area contributed by atoms with E-state index in [0.29, 0.717) is 24.7 Å². The molecule has 1 N–H and O–H groups in total. The largest absolute Gasteiger partial charge is 0.465 e. The summed E-state index contributed by atoms with van der Waals surface area (Å²) in [7, 11) is 0. The summed E-state index contributed by atoms with van der Waals surface area (Å²) >= 11 is 0. The summed E-state index contributed by atoms with van der Waals surface area (Å²) < 4.78 is 16.3. The summed E-state index contributed by atoms with van der Waals surface area (Å²) in [4.78, 5) is 34.8. The van der Waals surface area contributed by atoms with Crippen LogP contribution in [0.5, 0.6) is 0 Å². The van der Waals surface area contributed by atoms with Crippen molar-refractivity contribution in [2.45, 2.75) is 89.9 Å². The predicted octanol–water partition coefficient (Wildman–Crippen LogP) is 3.33. The fourth-order valence-corrected chi connectivity index (χ4v) is 8.94. The van der Waals surface area contributed by atoms with E-state index in [4.69, 9.17) is 14.2 Å². The number of carbonyl (C=O) groups is 3. The zero-order valence-corrected chi connectivity index (χ0v) is 19.9. The van der Waals surface area contributed by atoms with Gasteiger partial charge in [-0.1, -0.05) is 13.8 Å². The molecule has 0 amide bonds. The SMILES string of the molecule is CC(=O)OC1CC2(O)C3CCC4CC(OC=O)CCC4(C)C3CCC2(C)C1C1=CC(=O)OC1. The molecule has 1 aliphatic heterocycles. The molecule has 5 aliphatic rings. The van der Waals surface area contributed by atoms with Gasteiger partial charge in [0, 0.05) is 30.8 Å². The van der Waals surface area contributed by atoms with Crippen LogP contribution >= 0.6 is 0 Å². The number of hydrogen-bond acceptors (Lipinski definition) is 7. The number of rotatable bonds is 4. The second-order valence-electron chi connectivity index (χ2n) is 11.7. The van der Waals surface area contributed by atoms with E-state index in [2.05, 4.69) is 13.8 Å². The molecule has 182 valence electrons. The summed E-state index contributed by atoms with van der Waals surface area (Å²) in [6.45, 7) is 6.70. The average Bonchev–Trinajstić information content (AvgIpc) is 3.25. The first-order chi connectivity index (χ1) is 15.6. The molecule has 0 spiro atoms. The molecular weight excluding hydrogens is 424 g/mol. The standard InChI is InChI=1S/C26H36O7/c1-15(28)33-21-12-26(30)20-5-4-17-11-18(32-14-27)6-8-24(17,2)19(20)7-9-25(26,3)23(21)16-10-22(29)31-13-16/h10,14,17-21,23,30H,4-9,11-13H2,1-3H3. The number of hydrogen-bond donors (Lipinski definition) is 1. The number of aliphatic hydroxyl groups is 1. The fourth-order valence-electron chi connectivity index (χ4n) is 8.94. The first-order valence-electron chi connectivity index (χ1n) is 12.5. The molecule has 0 aromatic rings. The van der Waals surface area contributed by atoms with Crippen LogP contribution in [-0.2, 0) is 28.6 Å². The van der Waals surface area contributed by atoms with Crippen molar-refractivity contribution in [2.75, 3.05) is 6.61 Å². The third-order valence-corrected chi connectivity index (χ3v) is 10.4. The first kappa shape index (κ1) is 22.9. The summed E-state index contributed by atoms with van der Waals surface area (Å²) in [5, 5.41) is 12.5. The van der Waals surface area contributed by atoms with Crippen molar-refractivity contribution < 1.29 is 33.7 Å². The molecule has 7 nitrogen and oxygen atoms in total. The lowest BCUT2D eigenvalue weighted by Crippen LogP contribution is -2.62. The van der Waals surface area contributed by atoms with E-state index in [1.807, 2.05) is 0 Å². The highest BCUT2D eigenvalue weighted by atomic mass is 16.5. The molecule has 4 aliphatic carbocycles. The van der Waals surface area contributed by atoms with Crippen molar-refractivity contribution in [3.05, 3.63) is 11.6 Å². The quantitative estimate of drug-likeness (QED) is 0.390. The van der Waals surface area contributed by atoms with Crippen molar-refractivity contribution >= 4 is 18.4 Å². The Morgan fingerprint density at radius 2 is 1.97 bits per heavy atom. The van der Waals surface area contributed by atoms with Crippen molar-refractivity contribution in [1.29, 1.82) is 0 Å². The molecule has 9 unspecified atom stereocenters. The average molecular weight is 461 g/mol. The normalized spacial score (nSPS) is 48.6. The van der Waals surface area contributed by atoms with Crippen molar-refractivity contribution in [3.8, 4) is 0 Å². The van der Waals surface area contributed by atoms with Gasteiger partial charge in [-0.2, -0.15) is 0 Å². The van der Waals surface area contributed by atoms with E-state index in [1.54, 1.807) is 0 Å². The van der Waals surface area contributed by atoms with Crippen LogP contribution in [0.3, 0.4) is 0 Å². The number of ether oxygens (including phenoxy) is 3. The Hall–Kier alpha value is -1.89. The van der Waals surface area contributed by atoms with Gasteiger partial charge in [0.1, 0.15) is 18.8 Å². The van der Waals surface area contributed by atoms with Gasteiger partial charge in [0.15, 0.2) is 0 Å². The zero-order valence-electron chi connectivity index (χ0n) is 19.9. The predicted molar refractivity (Wildman–Crippen MR) is 118 cm³/mol. The molecule has 9 atom stereocenters. The van der Waals surface area contributed by atoms with Gasteiger partial charge in [-0.15, -0.1) is 0 Å². The van der Waals surface area contributed by atoms with Gasteiger partial charge in [-0.25, -0.2) is 4.79 Å². The smallest absolute Gasteiger partial charge is 0.331 e. The highest BCUT2D eigenvalue weighted by molar-refractivity contribution is 5.85. The van der Waals surface area contributed by atoms with Gasteiger partial charge < -0.3 is 19.3 Å². The molecular formula is C26H36O7. The Labute approximate surface area is 195 Å². The van der Waals surface area contributed by atoms with Crippen LogP contribution in [0.2, 0.25) is 0 Å². The number of cyclic esters (lactones) is 1. The fraction of sp³-hybridized carbons (Fsp3) is 0.808. The Morgan fingerprint density at radius 1 is 1.18 bits per heavy atom. The second-order valence-corrected chi connectivity index (χ2v) is 11.7. The minimum absolute atomic E-state index is 0.00474. The highest BCUT2D eigenvalue weighted by Crippen LogP contribution is 2.70. The molecule has 1 heterocycles. The molecule has 0 radical (unpaired) electrons. The summed E-state index contributed by atoms with van der Waals surface area (Å²) in [5.41, 5.74) is -0.523. The lowest BCUT2D eigenvalue weighted by atomic mass is 9.43. The van der Waals surface area contributed by atoms with Gasteiger partial charge in [0.2, 0.25) is 0 Å². The van der Waals surface area contributed by atoms with Gasteiger partial charge in [0.25, 0.3) is 6.47 Å². The van der Waals surface area contributed by atoms with Crippen LogP contribution in [0.4, 0.5) is 0 Å². The summed E-state index contributed by atoms with van der Waals surface area (Å²) in [6.07, 6.45) is 7.99. The monoisotopic (exact) mass is 460 g/mol. The Bertz CT molecular complexity index is 882. The lowest BCUT2D eigenvalue weighted by molar-refractivity contribution is -0.209. The van der Waals surface area contributed by atoms with Crippen LogP contribution in [0.25, 0.3) is 0 Å². The topological polar surface area (TPSA) is 99.1 Å². The van der Waals surface area contributed by atoms with Gasteiger partial charge >= 0.3 is 11.9 Å². The molecule has 0 aromatic heterocycles. The molecule has 7 heteroatoms. The summed E-state index contributed by atoms with van der Waals surface area (Å²) in [6, 6.07) is 0. The third kappa shape index (κ3) is 3.28.